The highest BCUT2D eigenvalue weighted by atomic mass is 16.7. The summed E-state index contributed by atoms with van der Waals surface area (Å²) in [5, 5.41) is 6.49. The van der Waals surface area contributed by atoms with Gasteiger partial charge in [0.1, 0.15) is 6.29 Å². The van der Waals surface area contributed by atoms with Gasteiger partial charge in [-0.15, -0.1) is 0 Å². The van der Waals surface area contributed by atoms with Crippen molar-refractivity contribution in [3.05, 3.63) is 0 Å². The Balaban J connectivity index is 1.81. The van der Waals surface area contributed by atoms with Crippen molar-refractivity contribution >= 4 is 6.29 Å². The molecule has 0 spiro atoms. The second-order valence-electron chi connectivity index (χ2n) is 4.09. The number of piperazine rings is 1. The Hall–Kier alpha value is -0.490. The highest BCUT2D eigenvalue weighted by Gasteiger charge is 2.32. The first-order valence-electron chi connectivity index (χ1n) is 5.50. The maximum atomic E-state index is 11.1. The van der Waals surface area contributed by atoms with Crippen molar-refractivity contribution in [3.63, 3.8) is 0 Å². The largest absolute Gasteiger partial charge is 0.350 e. The van der Waals surface area contributed by atoms with Gasteiger partial charge in [0, 0.05) is 26.1 Å². The van der Waals surface area contributed by atoms with Crippen molar-refractivity contribution in [3.8, 4) is 0 Å². The molecule has 2 N–H and O–H groups in total. The van der Waals surface area contributed by atoms with Crippen LogP contribution >= 0.6 is 0 Å². The summed E-state index contributed by atoms with van der Waals surface area (Å²) in [7, 11) is 0. The van der Waals surface area contributed by atoms with Crippen molar-refractivity contribution in [1.29, 1.82) is 0 Å². The third-order valence-corrected chi connectivity index (χ3v) is 2.96. The van der Waals surface area contributed by atoms with E-state index in [1.54, 1.807) is 0 Å². The third-order valence-electron chi connectivity index (χ3n) is 2.96. The van der Waals surface area contributed by atoms with Crippen molar-refractivity contribution in [2.45, 2.75) is 24.7 Å². The topological polar surface area (TPSA) is 59.6 Å². The van der Waals surface area contributed by atoms with Crippen LogP contribution in [0.2, 0.25) is 0 Å². The van der Waals surface area contributed by atoms with Gasteiger partial charge < -0.3 is 24.9 Å². The van der Waals surface area contributed by atoms with E-state index in [-0.39, 0.29) is 6.29 Å². The van der Waals surface area contributed by atoms with Gasteiger partial charge in [0.25, 0.3) is 0 Å². The summed E-state index contributed by atoms with van der Waals surface area (Å²) in [6.45, 7) is 3.80. The standard InChI is InChI=1S/C10H18N2O3/c13-8-10(7-11-3-4-12-10)2-1-9-14-5-6-15-9/h8-9,11-12H,1-7H2. The lowest BCUT2D eigenvalue weighted by molar-refractivity contribution is -0.115. The molecule has 0 saturated carbocycles. The Labute approximate surface area is 89.5 Å². The van der Waals surface area contributed by atoms with Gasteiger partial charge in [-0.25, -0.2) is 0 Å². The fourth-order valence-corrected chi connectivity index (χ4v) is 2.04. The van der Waals surface area contributed by atoms with Gasteiger partial charge in [-0.3, -0.25) is 0 Å². The van der Waals surface area contributed by atoms with Crippen molar-refractivity contribution in [2.24, 2.45) is 0 Å². The molecule has 86 valence electrons. The van der Waals surface area contributed by atoms with E-state index in [1.165, 1.54) is 0 Å². The van der Waals surface area contributed by atoms with Crippen molar-refractivity contribution in [2.75, 3.05) is 32.8 Å². The van der Waals surface area contributed by atoms with Gasteiger partial charge in [-0.2, -0.15) is 0 Å². The van der Waals surface area contributed by atoms with E-state index in [4.69, 9.17) is 9.47 Å². The van der Waals surface area contributed by atoms with Crippen LogP contribution in [0.3, 0.4) is 0 Å². The molecular weight excluding hydrogens is 196 g/mol. The normalized spacial score (nSPS) is 33.1. The Bertz CT molecular complexity index is 211. The first-order valence-corrected chi connectivity index (χ1v) is 5.50. The van der Waals surface area contributed by atoms with Crippen LogP contribution in [0.15, 0.2) is 0 Å². The predicted octanol–water partition coefficient (Wildman–Crippen LogP) is -0.730. The van der Waals surface area contributed by atoms with Crippen LogP contribution in [0, 0.1) is 0 Å². The number of carbonyl (C=O) groups is 1. The number of carbonyl (C=O) groups excluding carboxylic acids is 1. The van der Waals surface area contributed by atoms with Gasteiger partial charge in [0.15, 0.2) is 6.29 Å². The van der Waals surface area contributed by atoms with E-state index in [2.05, 4.69) is 10.6 Å². The maximum absolute atomic E-state index is 11.1. The summed E-state index contributed by atoms with van der Waals surface area (Å²) in [6, 6.07) is 0. The first kappa shape index (κ1) is 11.0. The molecule has 2 heterocycles. The lowest BCUT2D eigenvalue weighted by Gasteiger charge is -2.34. The highest BCUT2D eigenvalue weighted by molar-refractivity contribution is 5.65. The molecule has 5 heteroatoms. The first-order chi connectivity index (χ1) is 7.35. The highest BCUT2D eigenvalue weighted by Crippen LogP contribution is 2.17. The van der Waals surface area contributed by atoms with E-state index in [1.807, 2.05) is 0 Å². The summed E-state index contributed by atoms with van der Waals surface area (Å²) >= 11 is 0. The van der Waals surface area contributed by atoms with E-state index in [0.29, 0.717) is 19.8 Å². The minimum absolute atomic E-state index is 0.120. The summed E-state index contributed by atoms with van der Waals surface area (Å²) in [5.74, 6) is 0. The van der Waals surface area contributed by atoms with E-state index < -0.39 is 5.54 Å². The molecule has 2 aliphatic heterocycles. The van der Waals surface area contributed by atoms with E-state index >= 15 is 0 Å². The van der Waals surface area contributed by atoms with Crippen LogP contribution in [0.5, 0.6) is 0 Å². The van der Waals surface area contributed by atoms with E-state index in [0.717, 1.165) is 32.2 Å². The van der Waals surface area contributed by atoms with Crippen LogP contribution in [0.1, 0.15) is 12.8 Å². The van der Waals surface area contributed by atoms with Crippen LogP contribution < -0.4 is 10.6 Å². The summed E-state index contributed by atoms with van der Waals surface area (Å²) < 4.78 is 10.7. The lowest BCUT2D eigenvalue weighted by atomic mass is 9.93. The minimum Gasteiger partial charge on any atom is -0.350 e. The molecule has 2 rings (SSSR count). The molecule has 2 aliphatic rings. The third kappa shape index (κ3) is 2.75. The van der Waals surface area contributed by atoms with Gasteiger partial charge in [-0.1, -0.05) is 0 Å². The molecule has 0 radical (unpaired) electrons. The number of nitrogens with one attached hydrogen (secondary N) is 2. The molecule has 1 unspecified atom stereocenters. The second kappa shape index (κ2) is 5.03. The number of aldehydes is 1. The molecule has 0 amide bonds. The molecular formula is C10H18N2O3. The fourth-order valence-electron chi connectivity index (χ4n) is 2.04. The number of hydrogen-bond donors (Lipinski definition) is 2. The maximum Gasteiger partial charge on any atom is 0.157 e. The van der Waals surface area contributed by atoms with Gasteiger partial charge in [0.05, 0.1) is 18.8 Å². The zero-order chi connectivity index (χ0) is 10.6. The molecule has 2 saturated heterocycles. The number of rotatable bonds is 4. The lowest BCUT2D eigenvalue weighted by Crippen LogP contribution is -2.60. The Morgan fingerprint density at radius 3 is 2.73 bits per heavy atom. The molecule has 2 fully saturated rings. The Morgan fingerprint density at radius 2 is 2.13 bits per heavy atom. The van der Waals surface area contributed by atoms with Gasteiger partial charge in [-0.05, 0) is 6.42 Å². The van der Waals surface area contributed by atoms with Gasteiger partial charge in [0.2, 0.25) is 0 Å². The number of hydrogen-bond acceptors (Lipinski definition) is 5. The summed E-state index contributed by atoms with van der Waals surface area (Å²) in [6.07, 6.45) is 2.42. The van der Waals surface area contributed by atoms with Crippen LogP contribution in [0.25, 0.3) is 0 Å². The Morgan fingerprint density at radius 1 is 1.33 bits per heavy atom. The molecule has 1 atom stereocenters. The molecule has 0 bridgehead atoms. The molecule has 0 aliphatic carbocycles. The zero-order valence-corrected chi connectivity index (χ0v) is 8.83. The molecule has 5 nitrogen and oxygen atoms in total. The van der Waals surface area contributed by atoms with Crippen molar-refractivity contribution in [1.82, 2.24) is 10.6 Å². The number of ether oxygens (including phenoxy) is 2. The predicted molar refractivity (Wildman–Crippen MR) is 54.6 cm³/mol. The quantitative estimate of drug-likeness (QED) is 0.604. The zero-order valence-electron chi connectivity index (χ0n) is 8.83. The SMILES string of the molecule is O=CC1(CCC2OCCO2)CNCCN1. The van der Waals surface area contributed by atoms with Crippen LogP contribution in [0.4, 0.5) is 0 Å². The van der Waals surface area contributed by atoms with Crippen molar-refractivity contribution < 1.29 is 14.3 Å². The monoisotopic (exact) mass is 214 g/mol. The molecule has 0 aromatic rings. The van der Waals surface area contributed by atoms with Gasteiger partial charge >= 0.3 is 0 Å². The smallest absolute Gasteiger partial charge is 0.157 e. The van der Waals surface area contributed by atoms with Crippen LogP contribution in [-0.4, -0.2) is 51.0 Å². The summed E-state index contributed by atoms with van der Waals surface area (Å²) in [4.78, 5) is 11.1. The fraction of sp³-hybridized carbons (Fsp3) is 0.900. The van der Waals surface area contributed by atoms with Crippen LogP contribution in [-0.2, 0) is 14.3 Å². The average Bonchev–Trinajstić information content (AvgIpc) is 2.81. The minimum atomic E-state index is -0.423. The van der Waals surface area contributed by atoms with E-state index in [9.17, 15) is 4.79 Å². The molecule has 0 aromatic heterocycles. The average molecular weight is 214 g/mol. The second-order valence-corrected chi connectivity index (χ2v) is 4.09. The molecule has 15 heavy (non-hydrogen) atoms. The summed E-state index contributed by atoms with van der Waals surface area (Å²) in [5.41, 5.74) is -0.423. The Kier molecular flexibility index (Phi) is 3.69. The molecule has 0 aromatic carbocycles.